The quantitative estimate of drug-likeness (QED) is 0.803. The van der Waals surface area contributed by atoms with Gasteiger partial charge >= 0.3 is 0 Å². The first-order chi connectivity index (χ1) is 11.3. The zero-order chi connectivity index (χ0) is 15.9. The fourth-order valence-corrected chi connectivity index (χ4v) is 2.41. The highest BCUT2D eigenvalue weighted by atomic mass is 16.6. The molecule has 1 aliphatic heterocycles. The Morgan fingerprint density at radius 2 is 1.78 bits per heavy atom. The molecule has 0 aliphatic carbocycles. The first-order valence-electron chi connectivity index (χ1n) is 7.75. The zero-order valence-corrected chi connectivity index (χ0v) is 12.9. The van der Waals surface area contributed by atoms with Gasteiger partial charge in [0.1, 0.15) is 13.2 Å². The summed E-state index contributed by atoms with van der Waals surface area (Å²) in [6.07, 6.45) is 0.901. The summed E-state index contributed by atoms with van der Waals surface area (Å²) in [5.41, 5.74) is 1.97. The summed E-state index contributed by atoms with van der Waals surface area (Å²) in [7, 11) is 0. The number of hydrogen-bond donors (Lipinski definition) is 2. The van der Waals surface area contributed by atoms with E-state index in [9.17, 15) is 4.79 Å². The molecule has 5 heteroatoms. The van der Waals surface area contributed by atoms with Crippen molar-refractivity contribution in [3.63, 3.8) is 0 Å². The fourth-order valence-electron chi connectivity index (χ4n) is 2.41. The van der Waals surface area contributed by atoms with Gasteiger partial charge in [0.25, 0.3) is 0 Å². The van der Waals surface area contributed by atoms with Gasteiger partial charge in [0.15, 0.2) is 11.5 Å². The second-order valence-corrected chi connectivity index (χ2v) is 5.32. The molecule has 5 nitrogen and oxygen atoms in total. The van der Waals surface area contributed by atoms with Gasteiger partial charge in [0.05, 0.1) is 6.54 Å². The average molecular weight is 312 g/mol. The Balaban J connectivity index is 1.42. The van der Waals surface area contributed by atoms with Gasteiger partial charge in [-0.05, 0) is 30.7 Å². The van der Waals surface area contributed by atoms with Gasteiger partial charge < -0.3 is 20.1 Å². The molecule has 23 heavy (non-hydrogen) atoms. The molecule has 1 heterocycles. The van der Waals surface area contributed by atoms with Crippen molar-refractivity contribution < 1.29 is 14.3 Å². The number of ether oxygens (including phenoxy) is 2. The lowest BCUT2D eigenvalue weighted by Gasteiger charge is -2.19. The summed E-state index contributed by atoms with van der Waals surface area (Å²) in [4.78, 5) is 11.9. The predicted octanol–water partition coefficient (Wildman–Crippen LogP) is 2.23. The standard InChI is InChI=1S/C18H20N2O3/c21-18(13-19-9-8-14-4-2-1-3-5-14)20-15-6-7-16-17(12-15)23-11-10-22-16/h1-7,12,19H,8-11,13H2,(H,20,21). The maximum Gasteiger partial charge on any atom is 0.238 e. The van der Waals surface area contributed by atoms with E-state index in [1.54, 1.807) is 6.07 Å². The Labute approximate surface area is 135 Å². The molecule has 0 saturated heterocycles. The Bertz CT molecular complexity index is 659. The molecule has 0 bridgehead atoms. The molecule has 0 aromatic heterocycles. The molecule has 1 amide bonds. The van der Waals surface area contributed by atoms with Crippen molar-refractivity contribution >= 4 is 11.6 Å². The lowest BCUT2D eigenvalue weighted by Crippen LogP contribution is -2.29. The first kappa shape index (κ1) is 15.4. The van der Waals surface area contributed by atoms with Crippen molar-refractivity contribution in [1.82, 2.24) is 5.32 Å². The average Bonchev–Trinajstić information content (AvgIpc) is 2.59. The van der Waals surface area contributed by atoms with Crippen LogP contribution in [0, 0.1) is 0 Å². The number of hydrogen-bond acceptors (Lipinski definition) is 4. The van der Waals surface area contributed by atoms with Crippen molar-refractivity contribution in [3.05, 3.63) is 54.1 Å². The van der Waals surface area contributed by atoms with Crippen LogP contribution in [0.3, 0.4) is 0 Å². The number of rotatable bonds is 6. The number of amides is 1. The van der Waals surface area contributed by atoms with Crippen LogP contribution < -0.4 is 20.1 Å². The minimum absolute atomic E-state index is 0.0743. The summed E-state index contributed by atoms with van der Waals surface area (Å²) in [5, 5.41) is 6.00. The maximum absolute atomic E-state index is 11.9. The Kier molecular flexibility index (Phi) is 5.11. The largest absolute Gasteiger partial charge is 0.486 e. The highest BCUT2D eigenvalue weighted by molar-refractivity contribution is 5.92. The van der Waals surface area contributed by atoms with E-state index >= 15 is 0 Å². The summed E-state index contributed by atoms with van der Waals surface area (Å²) in [6.45, 7) is 2.13. The molecule has 0 unspecified atom stereocenters. The van der Waals surface area contributed by atoms with Crippen LogP contribution in [0.4, 0.5) is 5.69 Å². The molecular formula is C18H20N2O3. The first-order valence-corrected chi connectivity index (χ1v) is 7.75. The predicted molar refractivity (Wildman–Crippen MR) is 89.1 cm³/mol. The summed E-state index contributed by atoms with van der Waals surface area (Å²) in [6, 6.07) is 15.6. The third-order valence-electron chi connectivity index (χ3n) is 3.54. The Hall–Kier alpha value is -2.53. The van der Waals surface area contributed by atoms with Gasteiger partial charge in [0.2, 0.25) is 5.91 Å². The topological polar surface area (TPSA) is 59.6 Å². The molecule has 0 saturated carbocycles. The zero-order valence-electron chi connectivity index (χ0n) is 12.9. The highest BCUT2D eigenvalue weighted by Crippen LogP contribution is 2.32. The van der Waals surface area contributed by atoms with E-state index in [1.165, 1.54) is 5.56 Å². The van der Waals surface area contributed by atoms with Gasteiger partial charge in [0, 0.05) is 11.8 Å². The van der Waals surface area contributed by atoms with Crippen LogP contribution in [0.2, 0.25) is 0 Å². The van der Waals surface area contributed by atoms with E-state index in [2.05, 4.69) is 22.8 Å². The van der Waals surface area contributed by atoms with Crippen molar-refractivity contribution in [2.75, 3.05) is 31.6 Å². The Morgan fingerprint density at radius 1 is 1.00 bits per heavy atom. The van der Waals surface area contributed by atoms with E-state index in [0.29, 0.717) is 24.7 Å². The van der Waals surface area contributed by atoms with Crippen LogP contribution in [0.15, 0.2) is 48.5 Å². The summed E-state index contributed by atoms with van der Waals surface area (Å²) >= 11 is 0. The number of fused-ring (bicyclic) bond motifs is 1. The third-order valence-corrected chi connectivity index (χ3v) is 3.54. The number of anilines is 1. The van der Waals surface area contributed by atoms with Gasteiger partial charge in [-0.25, -0.2) is 0 Å². The molecule has 0 fully saturated rings. The van der Waals surface area contributed by atoms with E-state index < -0.39 is 0 Å². The van der Waals surface area contributed by atoms with Crippen molar-refractivity contribution in [1.29, 1.82) is 0 Å². The minimum Gasteiger partial charge on any atom is -0.486 e. The smallest absolute Gasteiger partial charge is 0.238 e. The lowest BCUT2D eigenvalue weighted by molar-refractivity contribution is -0.115. The summed E-state index contributed by atoms with van der Waals surface area (Å²) < 4.78 is 11.0. The van der Waals surface area contributed by atoms with Crippen LogP contribution in [0.5, 0.6) is 11.5 Å². The van der Waals surface area contributed by atoms with Crippen molar-refractivity contribution in [2.45, 2.75) is 6.42 Å². The fraction of sp³-hybridized carbons (Fsp3) is 0.278. The molecule has 0 atom stereocenters. The number of carbonyl (C=O) groups excluding carboxylic acids is 1. The lowest BCUT2D eigenvalue weighted by atomic mass is 10.1. The maximum atomic E-state index is 11.9. The molecule has 2 aromatic carbocycles. The molecule has 2 N–H and O–H groups in total. The van der Waals surface area contributed by atoms with Crippen LogP contribution in [0.1, 0.15) is 5.56 Å². The SMILES string of the molecule is O=C(CNCCc1ccccc1)Nc1ccc2c(c1)OCCO2. The monoisotopic (exact) mass is 312 g/mol. The van der Waals surface area contributed by atoms with Crippen molar-refractivity contribution in [3.8, 4) is 11.5 Å². The molecule has 120 valence electrons. The molecule has 0 radical (unpaired) electrons. The van der Waals surface area contributed by atoms with E-state index in [1.807, 2.05) is 30.3 Å². The Morgan fingerprint density at radius 3 is 2.61 bits per heavy atom. The molecule has 3 rings (SSSR count). The molecule has 1 aliphatic rings. The highest BCUT2D eigenvalue weighted by Gasteiger charge is 2.12. The van der Waals surface area contributed by atoms with Crippen LogP contribution in [-0.2, 0) is 11.2 Å². The summed E-state index contributed by atoms with van der Waals surface area (Å²) in [5.74, 6) is 1.32. The number of nitrogens with one attached hydrogen (secondary N) is 2. The van der Waals surface area contributed by atoms with Crippen molar-refractivity contribution in [2.24, 2.45) is 0 Å². The van der Waals surface area contributed by atoms with Gasteiger partial charge in [-0.2, -0.15) is 0 Å². The normalized spacial score (nSPS) is 12.7. The molecule has 0 spiro atoms. The van der Waals surface area contributed by atoms with E-state index in [4.69, 9.17) is 9.47 Å². The van der Waals surface area contributed by atoms with Crippen LogP contribution >= 0.6 is 0 Å². The second kappa shape index (κ2) is 7.65. The third kappa shape index (κ3) is 4.47. The van der Waals surface area contributed by atoms with E-state index in [-0.39, 0.29) is 12.5 Å². The van der Waals surface area contributed by atoms with Crippen LogP contribution in [-0.4, -0.2) is 32.2 Å². The minimum atomic E-state index is -0.0743. The molecule has 2 aromatic rings. The number of benzene rings is 2. The molecular weight excluding hydrogens is 292 g/mol. The van der Waals surface area contributed by atoms with E-state index in [0.717, 1.165) is 18.7 Å². The van der Waals surface area contributed by atoms with Crippen LogP contribution in [0.25, 0.3) is 0 Å². The number of carbonyl (C=O) groups is 1. The van der Waals surface area contributed by atoms with Gasteiger partial charge in [-0.15, -0.1) is 0 Å². The second-order valence-electron chi connectivity index (χ2n) is 5.32. The van der Waals surface area contributed by atoms with Gasteiger partial charge in [-0.1, -0.05) is 30.3 Å². The van der Waals surface area contributed by atoms with Gasteiger partial charge in [-0.3, -0.25) is 4.79 Å².